The lowest BCUT2D eigenvalue weighted by atomic mass is 10.1. The number of aromatic carboxylic acids is 1. The lowest BCUT2D eigenvalue weighted by Crippen LogP contribution is -2.12. The molecule has 1 amide bonds. The SMILES string of the molecule is CC(C)COc1ccc(C(=O)Nc2cc(C(=O)O)ccc2O)cc1. The van der Waals surface area contributed by atoms with Crippen molar-refractivity contribution >= 4 is 17.6 Å². The maximum Gasteiger partial charge on any atom is 0.335 e. The van der Waals surface area contributed by atoms with Gasteiger partial charge in [0.1, 0.15) is 11.5 Å². The van der Waals surface area contributed by atoms with Gasteiger partial charge in [-0.25, -0.2) is 4.79 Å². The molecule has 0 heterocycles. The number of hydrogen-bond acceptors (Lipinski definition) is 4. The number of amides is 1. The number of hydrogen-bond donors (Lipinski definition) is 3. The summed E-state index contributed by atoms with van der Waals surface area (Å²) in [4.78, 5) is 23.2. The highest BCUT2D eigenvalue weighted by atomic mass is 16.5. The van der Waals surface area contributed by atoms with Gasteiger partial charge in [-0.2, -0.15) is 0 Å². The summed E-state index contributed by atoms with van der Waals surface area (Å²) < 4.78 is 5.54. The number of ether oxygens (including phenoxy) is 1. The number of rotatable bonds is 6. The second-order valence-electron chi connectivity index (χ2n) is 5.72. The minimum Gasteiger partial charge on any atom is -0.506 e. The van der Waals surface area contributed by atoms with Gasteiger partial charge in [0.15, 0.2) is 0 Å². The topological polar surface area (TPSA) is 95.9 Å². The molecule has 0 radical (unpaired) electrons. The monoisotopic (exact) mass is 329 g/mol. The molecule has 2 aromatic carbocycles. The van der Waals surface area contributed by atoms with Crippen LogP contribution in [0.25, 0.3) is 0 Å². The molecular formula is C18H19NO5. The number of anilines is 1. The average Bonchev–Trinajstić information content (AvgIpc) is 2.55. The van der Waals surface area contributed by atoms with Gasteiger partial charge in [-0.3, -0.25) is 4.79 Å². The number of nitrogens with one attached hydrogen (secondary N) is 1. The van der Waals surface area contributed by atoms with E-state index in [2.05, 4.69) is 5.32 Å². The molecule has 0 bridgehead atoms. The van der Waals surface area contributed by atoms with Crippen LogP contribution >= 0.6 is 0 Å². The summed E-state index contributed by atoms with van der Waals surface area (Å²) in [5.74, 6) is -0.737. The van der Waals surface area contributed by atoms with E-state index in [0.29, 0.717) is 23.8 Å². The number of carbonyl (C=O) groups is 2. The third-order valence-electron chi connectivity index (χ3n) is 3.19. The van der Waals surface area contributed by atoms with Crippen LogP contribution in [-0.4, -0.2) is 28.7 Å². The van der Waals surface area contributed by atoms with Crippen LogP contribution in [0.1, 0.15) is 34.6 Å². The van der Waals surface area contributed by atoms with E-state index >= 15 is 0 Å². The highest BCUT2D eigenvalue weighted by molar-refractivity contribution is 6.05. The fourth-order valence-corrected chi connectivity index (χ4v) is 1.93. The van der Waals surface area contributed by atoms with Crippen LogP contribution < -0.4 is 10.1 Å². The second-order valence-corrected chi connectivity index (χ2v) is 5.72. The molecular weight excluding hydrogens is 310 g/mol. The number of phenols is 1. The van der Waals surface area contributed by atoms with Gasteiger partial charge >= 0.3 is 5.97 Å². The average molecular weight is 329 g/mol. The molecule has 0 unspecified atom stereocenters. The molecule has 0 fully saturated rings. The summed E-state index contributed by atoms with van der Waals surface area (Å²) in [6, 6.07) is 10.3. The number of carboxylic acid groups (broad SMARTS) is 1. The Labute approximate surface area is 139 Å². The van der Waals surface area contributed by atoms with E-state index < -0.39 is 11.9 Å². The Hall–Kier alpha value is -3.02. The summed E-state index contributed by atoms with van der Waals surface area (Å²) in [5, 5.41) is 21.2. The van der Waals surface area contributed by atoms with Crippen molar-refractivity contribution in [3.05, 3.63) is 53.6 Å². The van der Waals surface area contributed by atoms with Crippen molar-refractivity contribution in [2.75, 3.05) is 11.9 Å². The first-order valence-corrected chi connectivity index (χ1v) is 7.47. The van der Waals surface area contributed by atoms with E-state index in [-0.39, 0.29) is 17.0 Å². The van der Waals surface area contributed by atoms with E-state index in [1.165, 1.54) is 18.2 Å². The summed E-state index contributed by atoms with van der Waals surface area (Å²) in [6.45, 7) is 4.67. The highest BCUT2D eigenvalue weighted by Crippen LogP contribution is 2.25. The van der Waals surface area contributed by atoms with Crippen LogP contribution in [0.3, 0.4) is 0 Å². The molecule has 3 N–H and O–H groups in total. The smallest absolute Gasteiger partial charge is 0.335 e. The molecule has 2 rings (SSSR count). The number of phenolic OH excluding ortho intramolecular Hbond substituents is 1. The van der Waals surface area contributed by atoms with Crippen molar-refractivity contribution < 1.29 is 24.5 Å². The van der Waals surface area contributed by atoms with Crippen LogP contribution in [-0.2, 0) is 0 Å². The van der Waals surface area contributed by atoms with Gasteiger partial charge in [-0.15, -0.1) is 0 Å². The summed E-state index contributed by atoms with van der Waals surface area (Å²) in [7, 11) is 0. The van der Waals surface area contributed by atoms with Gasteiger partial charge in [0, 0.05) is 5.56 Å². The van der Waals surface area contributed by atoms with Crippen molar-refractivity contribution in [1.29, 1.82) is 0 Å². The molecule has 6 heteroatoms. The van der Waals surface area contributed by atoms with Gasteiger partial charge in [0.2, 0.25) is 0 Å². The molecule has 0 saturated heterocycles. The minimum absolute atomic E-state index is 0.0273. The number of carboxylic acids is 1. The Morgan fingerprint density at radius 2 is 1.71 bits per heavy atom. The van der Waals surface area contributed by atoms with Crippen LogP contribution in [0.2, 0.25) is 0 Å². The van der Waals surface area contributed by atoms with Crippen LogP contribution in [0.4, 0.5) is 5.69 Å². The Morgan fingerprint density at radius 3 is 2.29 bits per heavy atom. The predicted molar refractivity (Wildman–Crippen MR) is 89.8 cm³/mol. The fraction of sp³-hybridized carbons (Fsp3) is 0.222. The zero-order chi connectivity index (χ0) is 17.7. The standard InChI is InChI=1S/C18H19NO5/c1-11(2)10-24-14-6-3-12(4-7-14)17(21)19-15-9-13(18(22)23)5-8-16(15)20/h3-9,11,20H,10H2,1-2H3,(H,19,21)(H,22,23). The Morgan fingerprint density at radius 1 is 1.08 bits per heavy atom. The Balaban J connectivity index is 2.09. The molecule has 6 nitrogen and oxygen atoms in total. The zero-order valence-corrected chi connectivity index (χ0v) is 13.4. The Kier molecular flexibility index (Phi) is 5.42. The van der Waals surface area contributed by atoms with E-state index in [1.807, 2.05) is 13.8 Å². The van der Waals surface area contributed by atoms with Gasteiger partial charge in [-0.1, -0.05) is 13.8 Å². The number of benzene rings is 2. The zero-order valence-electron chi connectivity index (χ0n) is 13.4. The normalized spacial score (nSPS) is 10.5. The van der Waals surface area contributed by atoms with Crippen molar-refractivity contribution in [3.8, 4) is 11.5 Å². The van der Waals surface area contributed by atoms with Crippen molar-refractivity contribution in [2.45, 2.75) is 13.8 Å². The quantitative estimate of drug-likeness (QED) is 0.706. The highest BCUT2D eigenvalue weighted by Gasteiger charge is 2.12. The first-order valence-electron chi connectivity index (χ1n) is 7.47. The fourth-order valence-electron chi connectivity index (χ4n) is 1.93. The number of carbonyl (C=O) groups excluding carboxylic acids is 1. The predicted octanol–water partition coefficient (Wildman–Crippen LogP) is 3.38. The largest absolute Gasteiger partial charge is 0.506 e. The third-order valence-corrected chi connectivity index (χ3v) is 3.19. The Bertz CT molecular complexity index is 738. The molecule has 0 aliphatic rings. The number of aromatic hydroxyl groups is 1. The maximum absolute atomic E-state index is 12.2. The summed E-state index contributed by atoms with van der Waals surface area (Å²) in [6.07, 6.45) is 0. The van der Waals surface area contributed by atoms with Gasteiger partial charge in [0.25, 0.3) is 5.91 Å². The van der Waals surface area contributed by atoms with Crippen molar-refractivity contribution in [1.82, 2.24) is 0 Å². The van der Waals surface area contributed by atoms with Crippen LogP contribution in [0.15, 0.2) is 42.5 Å². The molecule has 24 heavy (non-hydrogen) atoms. The molecule has 0 aliphatic carbocycles. The van der Waals surface area contributed by atoms with Crippen molar-refractivity contribution in [3.63, 3.8) is 0 Å². The summed E-state index contributed by atoms with van der Waals surface area (Å²) >= 11 is 0. The van der Waals surface area contributed by atoms with Crippen molar-refractivity contribution in [2.24, 2.45) is 5.92 Å². The van der Waals surface area contributed by atoms with E-state index in [4.69, 9.17) is 9.84 Å². The molecule has 0 saturated carbocycles. The first-order chi connectivity index (χ1) is 11.4. The van der Waals surface area contributed by atoms with E-state index in [0.717, 1.165) is 0 Å². The molecule has 0 spiro atoms. The van der Waals surface area contributed by atoms with Gasteiger partial charge < -0.3 is 20.3 Å². The molecule has 0 aromatic heterocycles. The van der Waals surface area contributed by atoms with Gasteiger partial charge in [0.05, 0.1) is 17.9 Å². The third kappa shape index (κ3) is 4.49. The molecule has 0 aliphatic heterocycles. The van der Waals surface area contributed by atoms with Gasteiger partial charge in [-0.05, 0) is 48.4 Å². The molecule has 0 atom stereocenters. The second kappa shape index (κ2) is 7.50. The van der Waals surface area contributed by atoms with E-state index in [9.17, 15) is 14.7 Å². The first kappa shape index (κ1) is 17.3. The summed E-state index contributed by atoms with van der Waals surface area (Å²) in [5.41, 5.74) is 0.382. The van der Waals surface area contributed by atoms with E-state index in [1.54, 1.807) is 24.3 Å². The van der Waals surface area contributed by atoms with Crippen LogP contribution in [0, 0.1) is 5.92 Å². The maximum atomic E-state index is 12.2. The van der Waals surface area contributed by atoms with Crippen LogP contribution in [0.5, 0.6) is 11.5 Å². The molecule has 2 aromatic rings. The lowest BCUT2D eigenvalue weighted by molar-refractivity contribution is 0.0696. The lowest BCUT2D eigenvalue weighted by Gasteiger charge is -2.10. The molecule has 126 valence electrons. The minimum atomic E-state index is -1.14.